The predicted octanol–water partition coefficient (Wildman–Crippen LogP) is 2.44. The lowest BCUT2D eigenvalue weighted by Crippen LogP contribution is -2.45. The van der Waals surface area contributed by atoms with E-state index in [9.17, 15) is 8.42 Å². The number of aromatic amines is 1. The number of ether oxygens (including phenoxy) is 1. The largest absolute Gasteiger partial charge is 0.477 e. The van der Waals surface area contributed by atoms with Crippen molar-refractivity contribution >= 4 is 26.7 Å². The lowest BCUT2D eigenvalue weighted by molar-refractivity contribution is 0.281. The average Bonchev–Trinajstić information content (AvgIpc) is 3.13. The van der Waals surface area contributed by atoms with Crippen LogP contribution in [-0.4, -0.2) is 53.8 Å². The molecule has 9 heteroatoms. The molecule has 1 aliphatic rings. The van der Waals surface area contributed by atoms with Gasteiger partial charge in [0.2, 0.25) is 5.88 Å². The van der Waals surface area contributed by atoms with Gasteiger partial charge in [-0.05, 0) is 43.9 Å². The number of hydrogen-bond donors (Lipinski definition) is 1. The lowest BCUT2D eigenvalue weighted by Gasteiger charge is -2.41. The summed E-state index contributed by atoms with van der Waals surface area (Å²) in [5.74, 6) is 1.26. The molecule has 8 nitrogen and oxygen atoms in total. The van der Waals surface area contributed by atoms with Crippen LogP contribution in [0.1, 0.15) is 19.8 Å². The van der Waals surface area contributed by atoms with Crippen molar-refractivity contribution in [3.05, 3.63) is 36.9 Å². The second-order valence-electron chi connectivity index (χ2n) is 7.06. The van der Waals surface area contributed by atoms with Gasteiger partial charge in [0.25, 0.3) is 0 Å². The van der Waals surface area contributed by atoms with E-state index in [4.69, 9.17) is 4.74 Å². The maximum absolute atomic E-state index is 12.9. The zero-order valence-electron chi connectivity index (χ0n) is 15.9. The Balaban J connectivity index is 1.44. The van der Waals surface area contributed by atoms with Gasteiger partial charge in [-0.2, -0.15) is 0 Å². The molecule has 4 rings (SSSR count). The van der Waals surface area contributed by atoms with Gasteiger partial charge in [-0.3, -0.25) is 0 Å². The first-order valence-electron chi connectivity index (χ1n) is 9.31. The number of hydrogen-bond acceptors (Lipinski definition) is 7. The minimum absolute atomic E-state index is 0.104. The van der Waals surface area contributed by atoms with Gasteiger partial charge in [-0.25, -0.2) is 23.4 Å². The van der Waals surface area contributed by atoms with Crippen LogP contribution in [0.4, 0.5) is 5.82 Å². The van der Waals surface area contributed by atoms with Gasteiger partial charge in [0.15, 0.2) is 9.84 Å². The highest BCUT2D eigenvalue weighted by atomic mass is 32.2. The summed E-state index contributed by atoms with van der Waals surface area (Å²) in [6, 6.07) is 5.41. The third-order valence-corrected chi connectivity index (χ3v) is 7.12. The molecule has 3 aromatic rings. The van der Waals surface area contributed by atoms with Gasteiger partial charge in [0.05, 0.1) is 17.7 Å². The van der Waals surface area contributed by atoms with Gasteiger partial charge in [-0.1, -0.05) is 0 Å². The first-order valence-corrected chi connectivity index (χ1v) is 11.0. The Kier molecular flexibility index (Phi) is 4.92. The molecule has 28 heavy (non-hydrogen) atoms. The molecule has 0 saturated heterocycles. The van der Waals surface area contributed by atoms with Crippen LogP contribution in [0.25, 0.3) is 11.0 Å². The zero-order valence-corrected chi connectivity index (χ0v) is 16.7. The van der Waals surface area contributed by atoms with Crippen molar-refractivity contribution < 1.29 is 13.2 Å². The number of H-pyrrole nitrogens is 1. The molecule has 3 heterocycles. The molecule has 0 aromatic carbocycles. The summed E-state index contributed by atoms with van der Waals surface area (Å²) in [6.07, 6.45) is 6.53. The highest BCUT2D eigenvalue weighted by molar-refractivity contribution is 7.91. The predicted molar refractivity (Wildman–Crippen MR) is 106 cm³/mol. The van der Waals surface area contributed by atoms with E-state index in [1.807, 2.05) is 26.2 Å². The van der Waals surface area contributed by atoms with Crippen LogP contribution in [0.15, 0.2) is 41.8 Å². The number of aromatic nitrogens is 4. The molecule has 0 atom stereocenters. The first-order chi connectivity index (χ1) is 13.5. The SMILES string of the molecule is CCOc1ncccc1S(=O)(=O)CC1CC(N(C)c2ncnc3[nH]ccc23)C1. The number of rotatable bonds is 7. The Bertz CT molecular complexity index is 1080. The highest BCUT2D eigenvalue weighted by Crippen LogP contribution is 2.37. The van der Waals surface area contributed by atoms with Crippen LogP contribution < -0.4 is 9.64 Å². The summed E-state index contributed by atoms with van der Waals surface area (Å²) in [5.41, 5.74) is 0.801. The van der Waals surface area contributed by atoms with Crippen molar-refractivity contribution in [1.82, 2.24) is 19.9 Å². The van der Waals surface area contributed by atoms with Crippen LogP contribution in [-0.2, 0) is 9.84 Å². The third-order valence-electron chi connectivity index (χ3n) is 5.23. The number of nitrogens with one attached hydrogen (secondary N) is 1. The quantitative estimate of drug-likeness (QED) is 0.649. The number of nitrogens with zero attached hydrogens (tertiary/aromatic N) is 4. The Morgan fingerprint density at radius 2 is 2.07 bits per heavy atom. The molecule has 3 aromatic heterocycles. The molecular formula is C19H23N5O3S. The van der Waals surface area contributed by atoms with Crippen molar-refractivity contribution in [3.63, 3.8) is 0 Å². The van der Waals surface area contributed by atoms with Gasteiger partial charge >= 0.3 is 0 Å². The van der Waals surface area contributed by atoms with E-state index < -0.39 is 9.84 Å². The minimum atomic E-state index is -3.45. The van der Waals surface area contributed by atoms with Crippen LogP contribution in [0, 0.1) is 5.92 Å². The highest BCUT2D eigenvalue weighted by Gasteiger charge is 2.37. The van der Waals surface area contributed by atoms with Crippen LogP contribution in [0.3, 0.4) is 0 Å². The van der Waals surface area contributed by atoms with Gasteiger partial charge in [0.1, 0.15) is 22.7 Å². The van der Waals surface area contributed by atoms with E-state index >= 15 is 0 Å². The second kappa shape index (κ2) is 7.38. The maximum atomic E-state index is 12.9. The Labute approximate surface area is 163 Å². The van der Waals surface area contributed by atoms with Gasteiger partial charge in [0, 0.05) is 25.5 Å². The van der Waals surface area contributed by atoms with Gasteiger partial charge < -0.3 is 14.6 Å². The summed E-state index contributed by atoms with van der Waals surface area (Å²) < 4.78 is 31.1. The van der Waals surface area contributed by atoms with E-state index in [0.717, 1.165) is 29.7 Å². The van der Waals surface area contributed by atoms with Crippen molar-refractivity contribution in [1.29, 1.82) is 0 Å². The normalized spacial score (nSPS) is 19.4. The summed E-state index contributed by atoms with van der Waals surface area (Å²) in [5, 5.41) is 0.970. The van der Waals surface area contributed by atoms with E-state index in [-0.39, 0.29) is 28.5 Å². The molecular weight excluding hydrogens is 378 g/mol. The maximum Gasteiger partial charge on any atom is 0.232 e. The number of fused-ring (bicyclic) bond motifs is 1. The summed E-state index contributed by atoms with van der Waals surface area (Å²) in [7, 11) is -1.45. The van der Waals surface area contributed by atoms with Crippen LogP contribution in [0.2, 0.25) is 0 Å². The summed E-state index contributed by atoms with van der Waals surface area (Å²) in [6.45, 7) is 2.19. The van der Waals surface area contributed by atoms with Crippen molar-refractivity contribution in [2.45, 2.75) is 30.7 Å². The molecule has 0 aliphatic heterocycles. The fourth-order valence-corrected chi connectivity index (χ4v) is 5.46. The third kappa shape index (κ3) is 3.42. The summed E-state index contributed by atoms with van der Waals surface area (Å²) >= 11 is 0. The lowest BCUT2D eigenvalue weighted by atomic mass is 9.81. The van der Waals surface area contributed by atoms with Crippen LogP contribution in [0.5, 0.6) is 5.88 Å². The molecule has 148 valence electrons. The molecule has 0 spiro atoms. The monoisotopic (exact) mass is 401 g/mol. The van der Waals surface area contributed by atoms with Crippen LogP contribution >= 0.6 is 0 Å². The minimum Gasteiger partial charge on any atom is -0.477 e. The molecule has 0 bridgehead atoms. The smallest absolute Gasteiger partial charge is 0.232 e. The number of anilines is 1. The molecule has 0 amide bonds. The molecule has 0 radical (unpaired) electrons. The van der Waals surface area contributed by atoms with E-state index in [2.05, 4.69) is 24.8 Å². The Morgan fingerprint density at radius 3 is 2.86 bits per heavy atom. The second-order valence-corrected chi connectivity index (χ2v) is 9.06. The number of sulfone groups is 1. The van der Waals surface area contributed by atoms with E-state index in [1.165, 1.54) is 0 Å². The van der Waals surface area contributed by atoms with Crippen molar-refractivity contribution in [2.75, 3.05) is 24.3 Å². The standard InChI is InChI=1S/C19H23N5O3S/c1-3-27-19-16(5-4-7-21-19)28(25,26)11-13-9-14(10-13)24(2)18-15-6-8-20-17(15)22-12-23-18/h4-8,12-14H,3,9-11H2,1-2H3,(H,20,22,23). The molecule has 1 saturated carbocycles. The molecule has 0 unspecified atom stereocenters. The van der Waals surface area contributed by atoms with E-state index in [1.54, 1.807) is 24.7 Å². The number of pyridine rings is 1. The van der Waals surface area contributed by atoms with Crippen molar-refractivity contribution in [2.24, 2.45) is 5.92 Å². The van der Waals surface area contributed by atoms with Gasteiger partial charge in [-0.15, -0.1) is 0 Å². The fraction of sp³-hybridized carbons (Fsp3) is 0.421. The average molecular weight is 401 g/mol. The zero-order chi connectivity index (χ0) is 19.7. The summed E-state index contributed by atoms with van der Waals surface area (Å²) in [4.78, 5) is 18.1. The van der Waals surface area contributed by atoms with E-state index in [0.29, 0.717) is 6.61 Å². The topological polar surface area (TPSA) is 101 Å². The molecule has 1 N–H and O–H groups in total. The molecule has 1 fully saturated rings. The Morgan fingerprint density at radius 1 is 1.25 bits per heavy atom. The first kappa shape index (κ1) is 18.7. The fourth-order valence-electron chi connectivity index (χ4n) is 3.72. The van der Waals surface area contributed by atoms with Crippen molar-refractivity contribution in [3.8, 4) is 5.88 Å². The molecule has 1 aliphatic carbocycles. The Hall–Kier alpha value is -2.68.